The molecule has 0 aliphatic heterocycles. The van der Waals surface area contributed by atoms with Crippen LogP contribution in [0.3, 0.4) is 0 Å². The first-order valence-corrected chi connectivity index (χ1v) is 6.67. The second-order valence-corrected chi connectivity index (χ2v) is 4.30. The summed E-state index contributed by atoms with van der Waals surface area (Å²) in [6, 6.07) is 14.0. The zero-order chi connectivity index (χ0) is 15.8. The summed E-state index contributed by atoms with van der Waals surface area (Å²) in [6.45, 7) is 0.0638. The van der Waals surface area contributed by atoms with E-state index in [0.29, 0.717) is 22.9 Å². The number of urea groups is 1. The van der Waals surface area contributed by atoms with E-state index < -0.39 is 0 Å². The van der Waals surface area contributed by atoms with Crippen LogP contribution in [0.5, 0.6) is 17.2 Å². The second-order valence-electron chi connectivity index (χ2n) is 4.30. The number of ether oxygens (including phenoxy) is 3. The monoisotopic (exact) mass is 302 g/mol. The van der Waals surface area contributed by atoms with Crippen LogP contribution in [-0.4, -0.2) is 27.0 Å². The van der Waals surface area contributed by atoms with Crippen LogP contribution in [0.1, 0.15) is 0 Å². The van der Waals surface area contributed by atoms with Gasteiger partial charge in [0.25, 0.3) is 0 Å². The first kappa shape index (κ1) is 15.5. The molecule has 0 heterocycles. The molecule has 0 aliphatic carbocycles. The molecule has 2 rings (SSSR count). The van der Waals surface area contributed by atoms with Gasteiger partial charge in [0.2, 0.25) is 0 Å². The van der Waals surface area contributed by atoms with Crippen LogP contribution < -0.4 is 24.8 Å². The van der Waals surface area contributed by atoms with Gasteiger partial charge in [-0.2, -0.15) is 0 Å². The van der Waals surface area contributed by atoms with Crippen LogP contribution >= 0.6 is 0 Å². The van der Waals surface area contributed by atoms with Crippen molar-refractivity contribution in [3.8, 4) is 17.2 Å². The highest BCUT2D eigenvalue weighted by molar-refractivity contribution is 5.91. The van der Waals surface area contributed by atoms with E-state index in [2.05, 4.69) is 10.6 Å². The average molecular weight is 302 g/mol. The number of amides is 2. The van der Waals surface area contributed by atoms with Crippen LogP contribution in [0.2, 0.25) is 0 Å². The molecule has 22 heavy (non-hydrogen) atoms. The van der Waals surface area contributed by atoms with Crippen LogP contribution in [0, 0.1) is 0 Å². The molecular weight excluding hydrogens is 284 g/mol. The molecule has 0 unspecified atom stereocenters. The Kier molecular flexibility index (Phi) is 5.48. The Bertz CT molecular complexity index is 617. The van der Waals surface area contributed by atoms with Crippen molar-refractivity contribution >= 4 is 11.7 Å². The van der Waals surface area contributed by atoms with E-state index in [1.807, 2.05) is 30.3 Å². The van der Waals surface area contributed by atoms with E-state index in [0.717, 1.165) is 0 Å². The number of carbonyl (C=O) groups is 1. The normalized spacial score (nSPS) is 9.73. The lowest BCUT2D eigenvalue weighted by Gasteiger charge is -2.12. The minimum absolute atomic E-state index is 0.0638. The molecule has 0 aromatic heterocycles. The first-order valence-electron chi connectivity index (χ1n) is 6.67. The van der Waals surface area contributed by atoms with E-state index in [-0.39, 0.29) is 12.8 Å². The number of carbonyl (C=O) groups excluding carboxylic acids is 1. The maximum absolute atomic E-state index is 11.8. The third-order valence-electron chi connectivity index (χ3n) is 2.87. The van der Waals surface area contributed by atoms with Crippen molar-refractivity contribution in [2.24, 2.45) is 0 Å². The van der Waals surface area contributed by atoms with Gasteiger partial charge in [0.1, 0.15) is 17.2 Å². The Morgan fingerprint density at radius 3 is 2.45 bits per heavy atom. The summed E-state index contributed by atoms with van der Waals surface area (Å²) in [5, 5.41) is 5.29. The van der Waals surface area contributed by atoms with Gasteiger partial charge in [-0.25, -0.2) is 4.79 Å². The lowest BCUT2D eigenvalue weighted by atomic mass is 10.2. The number of nitrogens with one attached hydrogen (secondary N) is 2. The van der Waals surface area contributed by atoms with Gasteiger partial charge in [-0.1, -0.05) is 18.2 Å². The maximum atomic E-state index is 11.8. The summed E-state index contributed by atoms with van der Waals surface area (Å²) in [7, 11) is 3.09. The Hall–Kier alpha value is -2.89. The fraction of sp³-hybridized carbons (Fsp3) is 0.188. The molecule has 0 saturated carbocycles. The number of methoxy groups -OCH3 is 2. The predicted molar refractivity (Wildman–Crippen MR) is 83.6 cm³/mol. The summed E-state index contributed by atoms with van der Waals surface area (Å²) < 4.78 is 15.7. The fourth-order valence-electron chi connectivity index (χ4n) is 1.77. The van der Waals surface area contributed by atoms with Gasteiger partial charge in [-0.05, 0) is 24.3 Å². The van der Waals surface area contributed by atoms with E-state index >= 15 is 0 Å². The molecule has 0 spiro atoms. The van der Waals surface area contributed by atoms with Crippen LogP contribution in [-0.2, 0) is 0 Å². The minimum Gasteiger partial charge on any atom is -0.497 e. The Morgan fingerprint density at radius 1 is 1.00 bits per heavy atom. The summed E-state index contributed by atoms with van der Waals surface area (Å²) in [6.07, 6.45) is 0. The minimum atomic E-state index is -0.389. The van der Waals surface area contributed by atoms with Crippen LogP contribution in [0.25, 0.3) is 0 Å². The van der Waals surface area contributed by atoms with Crippen LogP contribution in [0.15, 0.2) is 48.5 Å². The standard InChI is InChI=1S/C16H18N2O4/c1-20-13-8-9-14(15(10-13)21-2)18-16(19)17-11-22-12-6-4-3-5-7-12/h3-10H,11H2,1-2H3,(H2,17,18,19). The Morgan fingerprint density at radius 2 is 1.77 bits per heavy atom. The van der Waals surface area contributed by atoms with Crippen molar-refractivity contribution in [3.63, 3.8) is 0 Å². The number of hydrogen-bond acceptors (Lipinski definition) is 4. The van der Waals surface area contributed by atoms with Gasteiger partial charge in [0, 0.05) is 6.07 Å². The molecule has 116 valence electrons. The van der Waals surface area contributed by atoms with Gasteiger partial charge < -0.3 is 24.8 Å². The molecule has 0 aliphatic rings. The summed E-state index contributed by atoms with van der Waals surface area (Å²) in [5.74, 6) is 1.85. The topological polar surface area (TPSA) is 68.8 Å². The molecule has 0 atom stereocenters. The highest BCUT2D eigenvalue weighted by Crippen LogP contribution is 2.28. The largest absolute Gasteiger partial charge is 0.497 e. The van der Waals surface area contributed by atoms with E-state index in [1.54, 1.807) is 25.3 Å². The molecule has 0 fully saturated rings. The number of para-hydroxylation sites is 1. The molecule has 2 aromatic rings. The SMILES string of the molecule is COc1ccc(NC(=O)NCOc2ccccc2)c(OC)c1. The highest BCUT2D eigenvalue weighted by atomic mass is 16.5. The Balaban J connectivity index is 1.86. The van der Waals surface area contributed by atoms with Crippen molar-refractivity contribution < 1.29 is 19.0 Å². The van der Waals surface area contributed by atoms with Crippen LogP contribution in [0.4, 0.5) is 10.5 Å². The zero-order valence-corrected chi connectivity index (χ0v) is 12.5. The summed E-state index contributed by atoms with van der Waals surface area (Å²) in [5.41, 5.74) is 0.542. The molecule has 6 nitrogen and oxygen atoms in total. The zero-order valence-electron chi connectivity index (χ0n) is 12.5. The van der Waals surface area contributed by atoms with Crippen molar-refractivity contribution in [2.75, 3.05) is 26.3 Å². The predicted octanol–water partition coefficient (Wildman–Crippen LogP) is 2.86. The van der Waals surface area contributed by atoms with Crippen molar-refractivity contribution in [1.82, 2.24) is 5.32 Å². The quantitative estimate of drug-likeness (QED) is 0.805. The molecule has 2 N–H and O–H groups in total. The summed E-state index contributed by atoms with van der Waals surface area (Å²) in [4.78, 5) is 11.8. The fourth-order valence-corrected chi connectivity index (χ4v) is 1.77. The van der Waals surface area contributed by atoms with E-state index in [9.17, 15) is 4.79 Å². The van der Waals surface area contributed by atoms with Gasteiger partial charge >= 0.3 is 6.03 Å². The van der Waals surface area contributed by atoms with Crippen molar-refractivity contribution in [1.29, 1.82) is 0 Å². The van der Waals surface area contributed by atoms with Gasteiger partial charge in [-0.3, -0.25) is 0 Å². The molecular formula is C16H18N2O4. The highest BCUT2D eigenvalue weighted by Gasteiger charge is 2.08. The number of hydrogen-bond donors (Lipinski definition) is 2. The third-order valence-corrected chi connectivity index (χ3v) is 2.87. The molecule has 2 amide bonds. The average Bonchev–Trinajstić information content (AvgIpc) is 2.56. The van der Waals surface area contributed by atoms with Gasteiger partial charge in [-0.15, -0.1) is 0 Å². The number of anilines is 1. The first-order chi connectivity index (χ1) is 10.7. The van der Waals surface area contributed by atoms with Gasteiger partial charge in [0.15, 0.2) is 6.73 Å². The van der Waals surface area contributed by atoms with Crippen molar-refractivity contribution in [2.45, 2.75) is 0 Å². The third kappa shape index (κ3) is 4.31. The maximum Gasteiger partial charge on any atom is 0.321 e. The smallest absolute Gasteiger partial charge is 0.321 e. The molecule has 0 radical (unpaired) electrons. The van der Waals surface area contributed by atoms with Crippen molar-refractivity contribution in [3.05, 3.63) is 48.5 Å². The van der Waals surface area contributed by atoms with E-state index in [4.69, 9.17) is 14.2 Å². The van der Waals surface area contributed by atoms with E-state index in [1.165, 1.54) is 7.11 Å². The second kappa shape index (κ2) is 7.78. The number of benzene rings is 2. The molecule has 0 saturated heterocycles. The Labute approximate surface area is 129 Å². The molecule has 2 aromatic carbocycles. The lowest BCUT2D eigenvalue weighted by molar-refractivity contribution is 0.234. The molecule has 6 heteroatoms. The molecule has 0 bridgehead atoms. The van der Waals surface area contributed by atoms with Gasteiger partial charge in [0.05, 0.1) is 19.9 Å². The lowest BCUT2D eigenvalue weighted by Crippen LogP contribution is -2.32. The number of rotatable bonds is 6. The summed E-state index contributed by atoms with van der Waals surface area (Å²) >= 11 is 0.